The zero-order valence-electron chi connectivity index (χ0n) is 6.15. The molecule has 0 aliphatic heterocycles. The van der Waals surface area contributed by atoms with Gasteiger partial charge in [0.15, 0.2) is 0 Å². The molecule has 4 N–H and O–H groups in total. The van der Waals surface area contributed by atoms with Crippen LogP contribution in [0.3, 0.4) is 0 Å². The highest BCUT2D eigenvalue weighted by molar-refractivity contribution is 5.89. The first-order valence-electron chi connectivity index (χ1n) is 2.88. The Balaban J connectivity index is 0. The highest BCUT2D eigenvalue weighted by atomic mass is 16.4. The van der Waals surface area contributed by atoms with E-state index in [1.165, 1.54) is 0 Å². The second kappa shape index (κ2) is 8.64. The molecule has 0 radical (unpaired) electrons. The van der Waals surface area contributed by atoms with Crippen LogP contribution in [0.25, 0.3) is 0 Å². The molecule has 0 atom stereocenters. The van der Waals surface area contributed by atoms with E-state index in [1.54, 1.807) is 0 Å². The molecule has 0 aromatic heterocycles. The smallest absolute Gasteiger partial charge is 0.328 e. The Labute approximate surface area is 64.1 Å². The number of carboxylic acid groups (broad SMARTS) is 2. The van der Waals surface area contributed by atoms with Crippen molar-refractivity contribution in [3.63, 3.8) is 0 Å². The van der Waals surface area contributed by atoms with Crippen molar-refractivity contribution in [3.8, 4) is 0 Å². The average molecular weight is 161 g/mol. The van der Waals surface area contributed by atoms with E-state index in [1.807, 2.05) is 6.92 Å². The van der Waals surface area contributed by atoms with Gasteiger partial charge in [-0.15, -0.1) is 0 Å². The summed E-state index contributed by atoms with van der Waals surface area (Å²) in [7, 11) is 0. The minimum atomic E-state index is -1.26. The molecule has 0 saturated heterocycles. The van der Waals surface area contributed by atoms with Gasteiger partial charge in [0.25, 0.3) is 0 Å². The maximum Gasteiger partial charge on any atom is 0.328 e. The molecule has 5 heteroatoms. The van der Waals surface area contributed by atoms with Crippen LogP contribution in [0.4, 0.5) is 0 Å². The molecule has 0 aliphatic rings. The third-order valence-corrected chi connectivity index (χ3v) is 0.368. The predicted octanol–water partition coefficient (Wildman–Crippen LogP) is -0.323. The van der Waals surface area contributed by atoms with E-state index >= 15 is 0 Å². The highest BCUT2D eigenvalue weighted by Crippen LogP contribution is 1.70. The van der Waals surface area contributed by atoms with Crippen molar-refractivity contribution >= 4 is 11.9 Å². The van der Waals surface area contributed by atoms with E-state index in [4.69, 9.17) is 15.9 Å². The number of hydrogen-bond donors (Lipinski definition) is 3. The molecule has 0 aromatic carbocycles. The molecule has 0 aliphatic carbocycles. The minimum absolute atomic E-state index is 0.558. The first-order chi connectivity index (χ1) is 5.04. The van der Waals surface area contributed by atoms with Gasteiger partial charge in [-0.1, -0.05) is 6.92 Å². The zero-order chi connectivity index (χ0) is 9.28. The number of aliphatic carboxylic acids is 2. The van der Waals surface area contributed by atoms with Crippen LogP contribution >= 0.6 is 0 Å². The van der Waals surface area contributed by atoms with Crippen molar-refractivity contribution in [2.45, 2.75) is 6.92 Å². The van der Waals surface area contributed by atoms with Crippen LogP contribution in [-0.2, 0) is 9.59 Å². The largest absolute Gasteiger partial charge is 0.478 e. The highest BCUT2D eigenvalue weighted by Gasteiger charge is 1.88. The van der Waals surface area contributed by atoms with Crippen molar-refractivity contribution < 1.29 is 19.8 Å². The topological polar surface area (TPSA) is 101 Å². The van der Waals surface area contributed by atoms with Gasteiger partial charge >= 0.3 is 11.9 Å². The Morgan fingerprint density at radius 1 is 1.27 bits per heavy atom. The molecular weight excluding hydrogens is 150 g/mol. The standard InChI is InChI=1S/C4H4O4.C2H7N/c5-3(6)1-2-4(7)8;1-2-3/h1-2H,(H,5,6)(H,7,8);2-3H2,1H3. The molecule has 0 amide bonds. The molecular formula is C6H11NO4. The van der Waals surface area contributed by atoms with Crippen LogP contribution in [0.2, 0.25) is 0 Å². The van der Waals surface area contributed by atoms with Gasteiger partial charge in [0.2, 0.25) is 0 Å². The Kier molecular flexibility index (Phi) is 9.68. The summed E-state index contributed by atoms with van der Waals surface area (Å²) in [5.74, 6) is -2.51. The van der Waals surface area contributed by atoms with Gasteiger partial charge in [0.1, 0.15) is 0 Å². The van der Waals surface area contributed by atoms with E-state index in [0.717, 1.165) is 6.54 Å². The summed E-state index contributed by atoms with van der Waals surface area (Å²) in [6, 6.07) is 0. The quantitative estimate of drug-likeness (QED) is 0.482. The van der Waals surface area contributed by atoms with Gasteiger partial charge in [-0.25, -0.2) is 9.59 Å². The molecule has 5 nitrogen and oxygen atoms in total. The molecule has 0 saturated carbocycles. The van der Waals surface area contributed by atoms with E-state index < -0.39 is 11.9 Å². The fourth-order valence-corrected chi connectivity index (χ4v) is 0.143. The summed E-state index contributed by atoms with van der Waals surface area (Å²) in [4.78, 5) is 19.1. The van der Waals surface area contributed by atoms with Crippen molar-refractivity contribution in [1.29, 1.82) is 0 Å². The molecule has 0 aromatic rings. The number of rotatable bonds is 2. The lowest BCUT2D eigenvalue weighted by Gasteiger charge is -1.74. The summed E-state index contributed by atoms with van der Waals surface area (Å²) in [5, 5.41) is 15.6. The normalized spacial score (nSPS) is 8.55. The van der Waals surface area contributed by atoms with E-state index in [2.05, 4.69) is 0 Å². The van der Waals surface area contributed by atoms with E-state index in [0.29, 0.717) is 12.2 Å². The van der Waals surface area contributed by atoms with Gasteiger partial charge in [-0.2, -0.15) is 0 Å². The minimum Gasteiger partial charge on any atom is -0.478 e. The van der Waals surface area contributed by atoms with Crippen molar-refractivity contribution in [3.05, 3.63) is 12.2 Å². The third-order valence-electron chi connectivity index (χ3n) is 0.368. The molecule has 0 heterocycles. The Hall–Kier alpha value is -1.36. The maximum absolute atomic E-state index is 9.55. The molecule has 0 fully saturated rings. The summed E-state index contributed by atoms with van der Waals surface area (Å²) in [6.45, 7) is 2.65. The van der Waals surface area contributed by atoms with Crippen molar-refractivity contribution in [1.82, 2.24) is 0 Å². The first-order valence-corrected chi connectivity index (χ1v) is 2.88. The lowest BCUT2D eigenvalue weighted by atomic mass is 10.5. The van der Waals surface area contributed by atoms with Crippen LogP contribution in [0.1, 0.15) is 6.92 Å². The van der Waals surface area contributed by atoms with Crippen LogP contribution in [-0.4, -0.2) is 28.7 Å². The Bertz CT molecular complexity index is 137. The molecule has 0 unspecified atom stereocenters. The van der Waals surface area contributed by atoms with E-state index in [-0.39, 0.29) is 0 Å². The third kappa shape index (κ3) is 28.8. The number of carboxylic acids is 2. The monoisotopic (exact) mass is 161 g/mol. The van der Waals surface area contributed by atoms with Crippen LogP contribution < -0.4 is 5.73 Å². The molecule has 11 heavy (non-hydrogen) atoms. The van der Waals surface area contributed by atoms with Gasteiger partial charge in [-0.05, 0) is 6.54 Å². The van der Waals surface area contributed by atoms with Crippen molar-refractivity contribution in [2.75, 3.05) is 6.54 Å². The van der Waals surface area contributed by atoms with Gasteiger partial charge in [0.05, 0.1) is 0 Å². The molecule has 0 bridgehead atoms. The SMILES string of the molecule is CCN.O=C(O)C=CC(=O)O. The number of hydrogen-bond acceptors (Lipinski definition) is 3. The van der Waals surface area contributed by atoms with Crippen LogP contribution in [0.15, 0.2) is 12.2 Å². The lowest BCUT2D eigenvalue weighted by molar-refractivity contribution is -0.134. The zero-order valence-corrected chi connectivity index (χ0v) is 6.15. The molecule has 64 valence electrons. The summed E-state index contributed by atoms with van der Waals surface area (Å²) in [6.07, 6.45) is 1.12. The summed E-state index contributed by atoms with van der Waals surface area (Å²) in [5.41, 5.74) is 4.85. The first kappa shape index (κ1) is 12.3. The van der Waals surface area contributed by atoms with Crippen LogP contribution in [0.5, 0.6) is 0 Å². The average Bonchev–Trinajstić information content (AvgIpc) is 1.85. The number of carbonyl (C=O) groups is 2. The molecule has 0 spiro atoms. The lowest BCUT2D eigenvalue weighted by Crippen LogP contribution is -1.91. The molecule has 0 rings (SSSR count). The maximum atomic E-state index is 9.55. The Morgan fingerprint density at radius 2 is 1.45 bits per heavy atom. The summed E-state index contributed by atoms with van der Waals surface area (Å²) < 4.78 is 0. The second-order valence-corrected chi connectivity index (χ2v) is 1.42. The van der Waals surface area contributed by atoms with E-state index in [9.17, 15) is 9.59 Å². The van der Waals surface area contributed by atoms with Crippen molar-refractivity contribution in [2.24, 2.45) is 5.73 Å². The second-order valence-electron chi connectivity index (χ2n) is 1.42. The fraction of sp³-hybridized carbons (Fsp3) is 0.333. The summed E-state index contributed by atoms with van der Waals surface area (Å²) >= 11 is 0. The van der Waals surface area contributed by atoms with Gasteiger partial charge < -0.3 is 15.9 Å². The Morgan fingerprint density at radius 3 is 1.55 bits per heavy atom. The fourth-order valence-electron chi connectivity index (χ4n) is 0.143. The van der Waals surface area contributed by atoms with Gasteiger partial charge in [0, 0.05) is 12.2 Å². The number of nitrogens with two attached hydrogens (primary N) is 1. The van der Waals surface area contributed by atoms with Gasteiger partial charge in [-0.3, -0.25) is 0 Å². The van der Waals surface area contributed by atoms with Crippen LogP contribution in [0, 0.1) is 0 Å². The predicted molar refractivity (Wildman–Crippen MR) is 39.1 cm³/mol.